The van der Waals surface area contributed by atoms with E-state index in [0.29, 0.717) is 12.3 Å². The Kier molecular flexibility index (Phi) is 3.37. The number of hydrogen-bond acceptors (Lipinski definition) is 3. The molecule has 0 saturated carbocycles. The van der Waals surface area contributed by atoms with Gasteiger partial charge >= 0.3 is 0 Å². The monoisotopic (exact) mass is 247 g/mol. The van der Waals surface area contributed by atoms with Crippen LogP contribution in [0.4, 0.5) is 0 Å². The first-order valence-corrected chi connectivity index (χ1v) is 6.51. The van der Waals surface area contributed by atoms with Crippen molar-refractivity contribution in [1.29, 1.82) is 0 Å². The highest BCUT2D eigenvalue weighted by Crippen LogP contribution is 2.38. The Labute approximate surface area is 108 Å². The van der Waals surface area contributed by atoms with Crippen molar-refractivity contribution in [1.82, 2.24) is 15.3 Å². The molecule has 2 heterocycles. The molecule has 1 aromatic heterocycles. The fourth-order valence-electron chi connectivity index (χ4n) is 2.87. The molecule has 1 aliphatic rings. The summed E-state index contributed by atoms with van der Waals surface area (Å²) in [7, 11) is 0. The predicted octanol–water partition coefficient (Wildman–Crippen LogP) is 1.98. The van der Waals surface area contributed by atoms with Crippen LogP contribution in [0.5, 0.6) is 0 Å². The molecule has 1 aliphatic heterocycles. The SMILES string of the molecule is Cc1nccnc1C1(C)CC(=O)NC1CC(C)C. The fraction of sp³-hybridized carbons (Fsp3) is 0.643. The summed E-state index contributed by atoms with van der Waals surface area (Å²) in [6, 6.07) is 0.153. The van der Waals surface area contributed by atoms with Crippen LogP contribution < -0.4 is 5.32 Å². The Bertz CT molecular complexity index is 458. The van der Waals surface area contributed by atoms with Gasteiger partial charge in [-0.2, -0.15) is 0 Å². The summed E-state index contributed by atoms with van der Waals surface area (Å²) in [6.45, 7) is 8.43. The van der Waals surface area contributed by atoms with Crippen LogP contribution in [-0.4, -0.2) is 21.9 Å². The zero-order chi connectivity index (χ0) is 13.3. The third kappa shape index (κ3) is 2.24. The second-order valence-corrected chi connectivity index (χ2v) is 5.83. The number of amides is 1. The second-order valence-electron chi connectivity index (χ2n) is 5.83. The average Bonchev–Trinajstić information content (AvgIpc) is 2.54. The lowest BCUT2D eigenvalue weighted by Gasteiger charge is -2.31. The molecule has 1 saturated heterocycles. The van der Waals surface area contributed by atoms with E-state index in [1.807, 2.05) is 6.92 Å². The molecule has 1 fully saturated rings. The second kappa shape index (κ2) is 4.67. The first-order valence-electron chi connectivity index (χ1n) is 6.51. The lowest BCUT2D eigenvalue weighted by molar-refractivity contribution is -0.119. The molecule has 2 unspecified atom stereocenters. The van der Waals surface area contributed by atoms with Gasteiger partial charge < -0.3 is 5.32 Å². The van der Waals surface area contributed by atoms with E-state index in [2.05, 4.69) is 36.1 Å². The minimum absolute atomic E-state index is 0.119. The summed E-state index contributed by atoms with van der Waals surface area (Å²) in [5.41, 5.74) is 1.64. The molecule has 0 aromatic carbocycles. The van der Waals surface area contributed by atoms with Crippen LogP contribution in [0.3, 0.4) is 0 Å². The zero-order valence-corrected chi connectivity index (χ0v) is 11.5. The van der Waals surface area contributed by atoms with Crippen LogP contribution in [0.1, 0.15) is 45.0 Å². The highest BCUT2D eigenvalue weighted by molar-refractivity contribution is 5.81. The van der Waals surface area contributed by atoms with Gasteiger partial charge in [0, 0.05) is 30.3 Å². The summed E-state index contributed by atoms with van der Waals surface area (Å²) in [6.07, 6.45) is 4.88. The Morgan fingerprint density at radius 3 is 2.72 bits per heavy atom. The van der Waals surface area contributed by atoms with Crippen molar-refractivity contribution in [3.05, 3.63) is 23.8 Å². The van der Waals surface area contributed by atoms with Crippen LogP contribution in [0, 0.1) is 12.8 Å². The van der Waals surface area contributed by atoms with Crippen molar-refractivity contribution in [2.45, 2.75) is 52.0 Å². The minimum Gasteiger partial charge on any atom is -0.352 e. The minimum atomic E-state index is -0.236. The largest absolute Gasteiger partial charge is 0.352 e. The number of carbonyl (C=O) groups is 1. The van der Waals surface area contributed by atoms with Crippen molar-refractivity contribution >= 4 is 5.91 Å². The smallest absolute Gasteiger partial charge is 0.221 e. The number of aromatic nitrogens is 2. The third-order valence-corrected chi connectivity index (χ3v) is 3.76. The van der Waals surface area contributed by atoms with Crippen LogP contribution in [0.15, 0.2) is 12.4 Å². The quantitative estimate of drug-likeness (QED) is 0.888. The maximum Gasteiger partial charge on any atom is 0.221 e. The van der Waals surface area contributed by atoms with Crippen molar-refractivity contribution in [2.24, 2.45) is 5.92 Å². The van der Waals surface area contributed by atoms with E-state index in [4.69, 9.17) is 0 Å². The maximum atomic E-state index is 11.8. The Morgan fingerprint density at radius 2 is 2.11 bits per heavy atom. The van der Waals surface area contributed by atoms with E-state index in [1.165, 1.54) is 0 Å². The lowest BCUT2D eigenvalue weighted by Crippen LogP contribution is -2.40. The third-order valence-electron chi connectivity index (χ3n) is 3.76. The summed E-state index contributed by atoms with van der Waals surface area (Å²) < 4.78 is 0. The molecule has 1 amide bonds. The molecule has 4 heteroatoms. The van der Waals surface area contributed by atoms with E-state index in [9.17, 15) is 4.79 Å². The van der Waals surface area contributed by atoms with Gasteiger partial charge in [0.2, 0.25) is 5.91 Å². The molecule has 18 heavy (non-hydrogen) atoms. The van der Waals surface area contributed by atoms with Gasteiger partial charge in [0.05, 0.1) is 11.4 Å². The molecule has 1 aromatic rings. The van der Waals surface area contributed by atoms with Gasteiger partial charge in [0.25, 0.3) is 0 Å². The number of nitrogens with zero attached hydrogens (tertiary/aromatic N) is 2. The van der Waals surface area contributed by atoms with Crippen LogP contribution in [0.2, 0.25) is 0 Å². The van der Waals surface area contributed by atoms with E-state index in [1.54, 1.807) is 12.4 Å². The van der Waals surface area contributed by atoms with Gasteiger partial charge in [-0.3, -0.25) is 14.8 Å². The Balaban J connectivity index is 2.38. The summed E-state index contributed by atoms with van der Waals surface area (Å²) in [4.78, 5) is 20.6. The highest BCUT2D eigenvalue weighted by Gasteiger charge is 2.46. The van der Waals surface area contributed by atoms with E-state index in [0.717, 1.165) is 17.8 Å². The van der Waals surface area contributed by atoms with Gasteiger partial charge in [0.15, 0.2) is 0 Å². The number of aryl methyl sites for hydroxylation is 1. The molecular formula is C14H21N3O. The van der Waals surface area contributed by atoms with Crippen molar-refractivity contribution in [2.75, 3.05) is 0 Å². The normalized spacial score (nSPS) is 27.6. The molecule has 0 bridgehead atoms. The highest BCUT2D eigenvalue weighted by atomic mass is 16.2. The molecule has 0 aliphatic carbocycles. The molecule has 2 atom stereocenters. The fourth-order valence-corrected chi connectivity index (χ4v) is 2.87. The molecule has 0 spiro atoms. The van der Waals surface area contributed by atoms with E-state index >= 15 is 0 Å². The molecule has 4 nitrogen and oxygen atoms in total. The van der Waals surface area contributed by atoms with Crippen LogP contribution >= 0.6 is 0 Å². The first-order chi connectivity index (χ1) is 8.43. The summed E-state index contributed by atoms with van der Waals surface area (Å²) in [5.74, 6) is 0.665. The van der Waals surface area contributed by atoms with Gasteiger partial charge in [-0.1, -0.05) is 20.8 Å². The summed E-state index contributed by atoms with van der Waals surface area (Å²) in [5, 5.41) is 3.09. The Hall–Kier alpha value is -1.45. The van der Waals surface area contributed by atoms with Gasteiger partial charge in [0.1, 0.15) is 0 Å². The number of rotatable bonds is 3. The lowest BCUT2D eigenvalue weighted by atomic mass is 9.75. The molecule has 0 radical (unpaired) electrons. The van der Waals surface area contributed by atoms with Crippen molar-refractivity contribution in [3.8, 4) is 0 Å². The standard InChI is InChI=1S/C14H21N3O/c1-9(2)7-11-14(4,8-12(18)17-11)13-10(3)15-5-6-16-13/h5-6,9,11H,7-8H2,1-4H3,(H,17,18). The molecule has 2 rings (SSSR count). The molecule has 98 valence electrons. The van der Waals surface area contributed by atoms with Crippen molar-refractivity contribution < 1.29 is 4.79 Å². The van der Waals surface area contributed by atoms with E-state index in [-0.39, 0.29) is 17.4 Å². The van der Waals surface area contributed by atoms with Crippen LogP contribution in [-0.2, 0) is 10.2 Å². The molecular weight excluding hydrogens is 226 g/mol. The van der Waals surface area contributed by atoms with Gasteiger partial charge in [-0.15, -0.1) is 0 Å². The topological polar surface area (TPSA) is 54.9 Å². The number of nitrogens with one attached hydrogen (secondary N) is 1. The number of carbonyl (C=O) groups excluding carboxylic acids is 1. The van der Waals surface area contributed by atoms with Crippen molar-refractivity contribution in [3.63, 3.8) is 0 Å². The molecule has 1 N–H and O–H groups in total. The number of hydrogen-bond donors (Lipinski definition) is 1. The van der Waals surface area contributed by atoms with Gasteiger partial charge in [-0.25, -0.2) is 0 Å². The summed E-state index contributed by atoms with van der Waals surface area (Å²) >= 11 is 0. The predicted molar refractivity (Wildman–Crippen MR) is 70.1 cm³/mol. The average molecular weight is 247 g/mol. The van der Waals surface area contributed by atoms with E-state index < -0.39 is 0 Å². The zero-order valence-electron chi connectivity index (χ0n) is 11.5. The Morgan fingerprint density at radius 1 is 1.44 bits per heavy atom. The maximum absolute atomic E-state index is 11.8. The van der Waals surface area contributed by atoms with Crippen LogP contribution in [0.25, 0.3) is 0 Å². The first kappa shape index (κ1) is 13.0. The van der Waals surface area contributed by atoms with Gasteiger partial charge in [-0.05, 0) is 19.3 Å².